The van der Waals surface area contributed by atoms with Crippen molar-refractivity contribution in [3.8, 4) is 0 Å². The van der Waals surface area contributed by atoms with E-state index in [1.165, 1.54) is 11.3 Å². The van der Waals surface area contributed by atoms with Crippen molar-refractivity contribution >= 4 is 50.0 Å². The number of thiazole rings is 1. The Hall–Kier alpha value is -3.14. The molecule has 1 aliphatic heterocycles. The predicted octanol–water partition coefficient (Wildman–Crippen LogP) is 4.39. The molecule has 8 nitrogen and oxygen atoms in total. The van der Waals surface area contributed by atoms with E-state index < -0.39 is 0 Å². The van der Waals surface area contributed by atoms with Gasteiger partial charge in [-0.3, -0.25) is 4.79 Å². The second-order valence-corrected chi connectivity index (χ2v) is 9.68. The number of amides is 1. The number of hydrogen-bond acceptors (Lipinski definition) is 7. The summed E-state index contributed by atoms with van der Waals surface area (Å²) in [5.74, 6) is 0.385. The highest BCUT2D eigenvalue weighted by Crippen LogP contribution is 2.31. The van der Waals surface area contributed by atoms with Gasteiger partial charge >= 0.3 is 0 Å². The Labute approximate surface area is 196 Å². The van der Waals surface area contributed by atoms with Gasteiger partial charge in [-0.25, -0.2) is 15.0 Å². The molecule has 1 aliphatic rings. The van der Waals surface area contributed by atoms with Crippen molar-refractivity contribution < 1.29 is 9.44 Å². The van der Waals surface area contributed by atoms with Gasteiger partial charge in [0.25, 0.3) is 5.91 Å². The van der Waals surface area contributed by atoms with Crippen LogP contribution in [-0.2, 0) is 0 Å². The van der Waals surface area contributed by atoms with E-state index in [9.17, 15) is 10.0 Å². The number of quaternary nitrogens is 1. The molecule has 4 aromatic rings. The topological polar surface area (TPSA) is 94.1 Å². The number of carbonyl (C=O) groups excluding carboxylic acids is 1. The molecule has 1 amide bonds. The second-order valence-electron chi connectivity index (χ2n) is 8.68. The Morgan fingerprint density at radius 3 is 2.58 bits per heavy atom. The molecule has 9 heteroatoms. The number of fused-ring (bicyclic) bond motifs is 3. The minimum absolute atomic E-state index is 0.116. The Bertz CT molecular complexity index is 1340. The van der Waals surface area contributed by atoms with Crippen LogP contribution in [0.4, 0.5) is 11.6 Å². The van der Waals surface area contributed by atoms with E-state index in [0.717, 1.165) is 37.9 Å². The molecule has 0 radical (unpaired) electrons. The summed E-state index contributed by atoms with van der Waals surface area (Å²) in [6, 6.07) is 10.1. The molecule has 1 fully saturated rings. The fourth-order valence-electron chi connectivity index (χ4n) is 4.29. The minimum Gasteiger partial charge on any atom is -0.633 e. The molecule has 1 saturated heterocycles. The SMILES string of the molecule is CC[N+]1([O-])CCN(C(=O)c2nc3ccc4cnc(Nc5cc(C)cc(C)c5)nc4c3s2)CC1. The number of benzene rings is 2. The first kappa shape index (κ1) is 21.7. The Morgan fingerprint density at radius 2 is 1.88 bits per heavy atom. The zero-order valence-electron chi connectivity index (χ0n) is 19.0. The van der Waals surface area contributed by atoms with Gasteiger partial charge in [0.15, 0.2) is 5.01 Å². The zero-order valence-corrected chi connectivity index (χ0v) is 19.8. The first-order valence-electron chi connectivity index (χ1n) is 11.1. The lowest BCUT2D eigenvalue weighted by atomic mass is 10.1. The average Bonchev–Trinajstić information content (AvgIpc) is 3.23. The number of nitrogens with one attached hydrogen (secondary N) is 1. The fraction of sp³-hybridized carbons (Fsp3) is 0.333. The number of hydrogen-bond donors (Lipinski definition) is 1. The van der Waals surface area contributed by atoms with Gasteiger partial charge in [0.1, 0.15) is 0 Å². The molecule has 5 rings (SSSR count). The number of aryl methyl sites for hydroxylation is 2. The lowest BCUT2D eigenvalue weighted by molar-refractivity contribution is -0.882. The highest BCUT2D eigenvalue weighted by molar-refractivity contribution is 7.21. The molecule has 0 saturated carbocycles. The largest absolute Gasteiger partial charge is 0.633 e. The van der Waals surface area contributed by atoms with Gasteiger partial charge in [0, 0.05) is 17.3 Å². The van der Waals surface area contributed by atoms with Crippen molar-refractivity contribution in [3.05, 3.63) is 57.9 Å². The fourth-order valence-corrected chi connectivity index (χ4v) is 5.32. The van der Waals surface area contributed by atoms with Gasteiger partial charge in [-0.05, 0) is 56.2 Å². The summed E-state index contributed by atoms with van der Waals surface area (Å²) in [6.07, 6.45) is 1.79. The van der Waals surface area contributed by atoms with Gasteiger partial charge in [0.2, 0.25) is 5.95 Å². The maximum absolute atomic E-state index is 13.1. The van der Waals surface area contributed by atoms with Gasteiger partial charge in [-0.2, -0.15) is 0 Å². The zero-order chi connectivity index (χ0) is 23.2. The van der Waals surface area contributed by atoms with Gasteiger partial charge < -0.3 is 20.1 Å². The molecule has 33 heavy (non-hydrogen) atoms. The maximum atomic E-state index is 13.1. The molecule has 2 aromatic carbocycles. The van der Waals surface area contributed by atoms with Crippen LogP contribution in [0.2, 0.25) is 0 Å². The number of carbonyl (C=O) groups is 1. The Morgan fingerprint density at radius 1 is 1.15 bits per heavy atom. The van der Waals surface area contributed by atoms with Crippen LogP contribution >= 0.6 is 11.3 Å². The number of rotatable bonds is 4. The summed E-state index contributed by atoms with van der Waals surface area (Å²) < 4.78 is 0.628. The van der Waals surface area contributed by atoms with Crippen molar-refractivity contribution in [1.29, 1.82) is 0 Å². The van der Waals surface area contributed by atoms with E-state index in [1.54, 1.807) is 11.1 Å². The lowest BCUT2D eigenvalue weighted by Crippen LogP contribution is -2.57. The molecule has 0 aliphatic carbocycles. The average molecular weight is 463 g/mol. The van der Waals surface area contributed by atoms with E-state index in [0.29, 0.717) is 43.7 Å². The summed E-state index contributed by atoms with van der Waals surface area (Å²) in [7, 11) is 0. The van der Waals surface area contributed by atoms with Crippen LogP contribution in [-0.4, -0.2) is 63.1 Å². The second kappa shape index (κ2) is 8.33. The van der Waals surface area contributed by atoms with E-state index >= 15 is 0 Å². The highest BCUT2D eigenvalue weighted by atomic mass is 32.1. The van der Waals surface area contributed by atoms with Crippen LogP contribution in [0.15, 0.2) is 36.5 Å². The molecule has 1 N–H and O–H groups in total. The summed E-state index contributed by atoms with van der Waals surface area (Å²) >= 11 is 1.35. The van der Waals surface area contributed by atoms with Crippen molar-refractivity contribution in [1.82, 2.24) is 19.9 Å². The number of likely N-dealkylation sites (N-methyl/N-ethyl adjacent to an activating group) is 1. The molecule has 2 aromatic heterocycles. The molecular formula is C24H26N6O2S. The van der Waals surface area contributed by atoms with Crippen molar-refractivity contribution in [3.63, 3.8) is 0 Å². The molecule has 170 valence electrons. The summed E-state index contributed by atoms with van der Waals surface area (Å²) in [5, 5.41) is 17.1. The number of aromatic nitrogens is 3. The number of anilines is 2. The van der Waals surface area contributed by atoms with Crippen molar-refractivity contribution in [2.24, 2.45) is 0 Å². The summed E-state index contributed by atoms with van der Waals surface area (Å²) in [6.45, 7) is 8.31. The minimum atomic E-state index is -0.235. The number of piperazine rings is 1. The summed E-state index contributed by atoms with van der Waals surface area (Å²) in [4.78, 5) is 28.6. The summed E-state index contributed by atoms with van der Waals surface area (Å²) in [5.41, 5.74) is 4.77. The van der Waals surface area contributed by atoms with Crippen LogP contribution in [0.1, 0.15) is 27.9 Å². The van der Waals surface area contributed by atoms with Crippen molar-refractivity contribution in [2.75, 3.05) is 38.0 Å². The first-order chi connectivity index (χ1) is 15.8. The van der Waals surface area contributed by atoms with Gasteiger partial charge in [-0.1, -0.05) is 6.07 Å². The van der Waals surface area contributed by atoms with Gasteiger partial charge in [0.05, 0.1) is 48.5 Å². The third-order valence-electron chi connectivity index (χ3n) is 6.19. The third-order valence-corrected chi connectivity index (χ3v) is 7.25. The first-order valence-corrected chi connectivity index (χ1v) is 11.9. The molecular weight excluding hydrogens is 436 g/mol. The third kappa shape index (κ3) is 4.27. The molecule has 0 unspecified atom stereocenters. The predicted molar refractivity (Wildman–Crippen MR) is 132 cm³/mol. The maximum Gasteiger partial charge on any atom is 0.283 e. The molecule has 0 spiro atoms. The quantitative estimate of drug-likeness (QED) is 0.357. The van der Waals surface area contributed by atoms with E-state index in [1.807, 2.05) is 19.1 Å². The normalized spacial score (nSPS) is 15.8. The molecule has 0 atom stereocenters. The van der Waals surface area contributed by atoms with Gasteiger partial charge in [-0.15, -0.1) is 11.3 Å². The molecule has 0 bridgehead atoms. The van der Waals surface area contributed by atoms with E-state index in [-0.39, 0.29) is 10.6 Å². The van der Waals surface area contributed by atoms with E-state index in [4.69, 9.17) is 4.98 Å². The standard InChI is InChI=1S/C24H26N6O2S/c1-4-30(32)9-7-29(8-10-30)23(31)22-27-19-6-5-17-14-25-24(28-20(17)21(19)33-22)26-18-12-15(2)11-16(3)13-18/h5-6,11-14H,4,7-10H2,1-3H3,(H,25,26,28). The Kier molecular flexibility index (Phi) is 5.48. The smallest absolute Gasteiger partial charge is 0.283 e. The van der Waals surface area contributed by atoms with Crippen LogP contribution in [0.3, 0.4) is 0 Å². The molecule has 3 heterocycles. The van der Waals surface area contributed by atoms with E-state index in [2.05, 4.69) is 47.3 Å². The Balaban J connectivity index is 1.45. The number of nitrogens with zero attached hydrogens (tertiary/aromatic N) is 5. The van der Waals surface area contributed by atoms with Crippen LogP contribution in [0, 0.1) is 19.1 Å². The number of hydroxylamine groups is 3. The lowest BCUT2D eigenvalue weighted by Gasteiger charge is -2.47. The monoisotopic (exact) mass is 462 g/mol. The van der Waals surface area contributed by atoms with Crippen LogP contribution < -0.4 is 5.32 Å². The van der Waals surface area contributed by atoms with Crippen molar-refractivity contribution in [2.45, 2.75) is 20.8 Å². The van der Waals surface area contributed by atoms with Crippen LogP contribution in [0.25, 0.3) is 21.1 Å². The highest BCUT2D eigenvalue weighted by Gasteiger charge is 2.29. The van der Waals surface area contributed by atoms with Crippen LogP contribution in [0.5, 0.6) is 0 Å².